The van der Waals surface area contributed by atoms with E-state index in [4.69, 9.17) is 24.1 Å². The Morgan fingerprint density at radius 2 is 1.00 bits per heavy atom. The number of carboxylic acid groups (broad SMARTS) is 1. The quantitative estimate of drug-likeness (QED) is 0.0461. The molecule has 0 radical (unpaired) electrons. The number of nitrogens with one attached hydrogen (secondary N) is 4. The molecular weight excluding hydrogens is 686 g/mol. The van der Waals surface area contributed by atoms with Crippen LogP contribution in [0.5, 0.6) is 0 Å². The van der Waals surface area contributed by atoms with Gasteiger partial charge in [0.1, 0.15) is 43.2 Å². The average Bonchev–Trinajstić information content (AvgIpc) is 3.07. The van der Waals surface area contributed by atoms with Crippen molar-refractivity contribution in [3.05, 3.63) is 0 Å². The Morgan fingerprint density at radius 1 is 0.569 bits per heavy atom. The maximum absolute atomic E-state index is 12.7. The molecular formula is C30H53N5O16. The van der Waals surface area contributed by atoms with Crippen molar-refractivity contribution in [2.75, 3.05) is 59.0 Å². The topological polar surface area (TPSA) is 315 Å². The van der Waals surface area contributed by atoms with E-state index in [-0.39, 0.29) is 58.9 Å². The summed E-state index contributed by atoms with van der Waals surface area (Å²) in [7, 11) is 0. The van der Waals surface area contributed by atoms with Crippen molar-refractivity contribution in [1.29, 1.82) is 0 Å². The van der Waals surface area contributed by atoms with E-state index in [1.165, 1.54) is 18.7 Å². The highest BCUT2D eigenvalue weighted by atomic mass is 16.7. The fraction of sp³-hybridized carbons (Fsp3) is 0.833. The lowest BCUT2D eigenvalue weighted by Gasteiger charge is -2.38. The Bertz CT molecular complexity index is 1060. The van der Waals surface area contributed by atoms with Crippen molar-refractivity contribution in [2.24, 2.45) is 0 Å². The van der Waals surface area contributed by atoms with E-state index in [9.17, 15) is 54.6 Å². The molecule has 11 N–H and O–H groups in total. The molecule has 0 aromatic heterocycles. The fourth-order valence-corrected chi connectivity index (χ4v) is 5.06. The molecule has 2 aliphatic rings. The second kappa shape index (κ2) is 22.8. The molecule has 2 saturated heterocycles. The van der Waals surface area contributed by atoms with Gasteiger partial charge in [-0.15, -0.1) is 0 Å². The van der Waals surface area contributed by atoms with Crippen LogP contribution in [0.3, 0.4) is 0 Å². The number of carbonyl (C=O) groups excluding carboxylic acids is 4. The van der Waals surface area contributed by atoms with Crippen molar-refractivity contribution in [2.45, 2.75) is 101 Å². The number of nitrogens with zero attached hydrogens (tertiary/aromatic N) is 1. The number of hydrogen-bond acceptors (Lipinski definition) is 16. The number of unbranched alkanes of at least 4 members (excludes halogenated alkanes) is 2. The molecule has 2 rings (SSSR count). The maximum atomic E-state index is 12.7. The molecule has 294 valence electrons. The first-order valence-corrected chi connectivity index (χ1v) is 16.7. The third kappa shape index (κ3) is 16.0. The van der Waals surface area contributed by atoms with E-state index in [0.29, 0.717) is 19.3 Å². The first-order valence-electron chi connectivity index (χ1n) is 16.7. The average molecular weight is 740 g/mol. The minimum absolute atomic E-state index is 0.0597. The summed E-state index contributed by atoms with van der Waals surface area (Å²) in [5.74, 6) is -3.18. The third-order valence-corrected chi connectivity index (χ3v) is 7.97. The van der Waals surface area contributed by atoms with Gasteiger partial charge in [0.25, 0.3) is 0 Å². The monoisotopic (exact) mass is 739 g/mol. The van der Waals surface area contributed by atoms with E-state index < -0.39 is 97.6 Å². The van der Waals surface area contributed by atoms with Gasteiger partial charge < -0.3 is 76.0 Å². The number of aliphatic carboxylic acids is 1. The van der Waals surface area contributed by atoms with Crippen LogP contribution in [0.2, 0.25) is 0 Å². The van der Waals surface area contributed by atoms with Gasteiger partial charge in [-0.05, 0) is 26.7 Å². The molecule has 21 nitrogen and oxygen atoms in total. The number of rotatable bonds is 22. The van der Waals surface area contributed by atoms with Crippen molar-refractivity contribution in [3.63, 3.8) is 0 Å². The van der Waals surface area contributed by atoms with Gasteiger partial charge in [-0.1, -0.05) is 6.42 Å². The zero-order valence-corrected chi connectivity index (χ0v) is 28.7. The van der Waals surface area contributed by atoms with Crippen LogP contribution in [0.15, 0.2) is 0 Å². The van der Waals surface area contributed by atoms with E-state index >= 15 is 0 Å². The van der Waals surface area contributed by atoms with Gasteiger partial charge in [0.05, 0.1) is 45.1 Å². The standard InChI is InChI=1S/C30H53N5O16/c1-16-23(42)25(44)27(46)29(50-16)48-10-8-32-20(38)14-35(13-19(37)31-7-5-3-4-6-18(36)34-12-22(40)41)15-21(39)33-9-11-49-30-28(47)26(45)24(43)17(2)51-30/h16-17,23-30,42-47H,3-15H2,1-2H3,(H,31,37)(H,32,38)(H,33,39)(H,34,36)(H,40,41)/t16-,17-,23+,24+,25+,26+,27-,28-,29+,30+/m0/s1. The summed E-state index contributed by atoms with van der Waals surface area (Å²) in [5, 5.41) is 78.2. The van der Waals surface area contributed by atoms with Gasteiger partial charge in [-0.3, -0.25) is 28.9 Å². The van der Waals surface area contributed by atoms with Gasteiger partial charge in [-0.25, -0.2) is 0 Å². The van der Waals surface area contributed by atoms with Crippen LogP contribution in [-0.2, 0) is 42.9 Å². The van der Waals surface area contributed by atoms with Crippen LogP contribution in [-0.4, -0.2) is 191 Å². The second-order valence-electron chi connectivity index (χ2n) is 12.3. The molecule has 0 spiro atoms. The van der Waals surface area contributed by atoms with Gasteiger partial charge in [0.2, 0.25) is 23.6 Å². The number of carbonyl (C=O) groups is 5. The smallest absolute Gasteiger partial charge is 0.322 e. The first kappa shape index (κ1) is 44.1. The van der Waals surface area contributed by atoms with Crippen LogP contribution in [0.25, 0.3) is 0 Å². The number of aliphatic hydroxyl groups excluding tert-OH is 6. The Hall–Kier alpha value is -3.09. The summed E-state index contributed by atoms with van der Waals surface area (Å²) in [6.07, 6.45) is -11.0. The first-order chi connectivity index (χ1) is 24.1. The Labute approximate surface area is 294 Å². The zero-order valence-electron chi connectivity index (χ0n) is 28.7. The molecule has 2 aliphatic heterocycles. The largest absolute Gasteiger partial charge is 0.480 e. The van der Waals surface area contributed by atoms with Gasteiger partial charge in [-0.2, -0.15) is 0 Å². The predicted octanol–water partition coefficient (Wildman–Crippen LogP) is -5.91. The molecule has 0 aromatic carbocycles. The minimum atomic E-state index is -1.52. The van der Waals surface area contributed by atoms with Crippen molar-refractivity contribution in [1.82, 2.24) is 26.2 Å². The van der Waals surface area contributed by atoms with E-state index in [1.54, 1.807) is 0 Å². The van der Waals surface area contributed by atoms with Gasteiger partial charge in [0, 0.05) is 26.1 Å². The summed E-state index contributed by atoms with van der Waals surface area (Å²) in [6, 6.07) is 0. The number of carboxylic acids is 1. The Morgan fingerprint density at radius 3 is 1.43 bits per heavy atom. The van der Waals surface area contributed by atoms with Crippen LogP contribution < -0.4 is 21.3 Å². The molecule has 0 aliphatic carbocycles. The zero-order chi connectivity index (χ0) is 38.1. The van der Waals surface area contributed by atoms with E-state index in [2.05, 4.69) is 21.3 Å². The van der Waals surface area contributed by atoms with E-state index in [0.717, 1.165) is 0 Å². The van der Waals surface area contributed by atoms with Crippen LogP contribution >= 0.6 is 0 Å². The highest BCUT2D eigenvalue weighted by Crippen LogP contribution is 2.22. The molecule has 10 atom stereocenters. The van der Waals surface area contributed by atoms with Gasteiger partial charge >= 0.3 is 5.97 Å². The second-order valence-corrected chi connectivity index (χ2v) is 12.3. The molecule has 51 heavy (non-hydrogen) atoms. The van der Waals surface area contributed by atoms with Gasteiger partial charge in [0.15, 0.2) is 12.6 Å². The predicted molar refractivity (Wildman–Crippen MR) is 171 cm³/mol. The molecule has 0 aromatic rings. The Kier molecular flexibility index (Phi) is 19.7. The lowest BCUT2D eigenvalue weighted by atomic mass is 10.0. The van der Waals surface area contributed by atoms with E-state index in [1.807, 2.05) is 0 Å². The maximum Gasteiger partial charge on any atom is 0.322 e. The summed E-state index contributed by atoms with van der Waals surface area (Å²) in [6.45, 7) is 1.26. The molecule has 21 heteroatoms. The van der Waals surface area contributed by atoms with Crippen LogP contribution in [0.1, 0.15) is 39.5 Å². The molecule has 2 heterocycles. The van der Waals surface area contributed by atoms with Crippen molar-refractivity contribution >= 4 is 29.6 Å². The van der Waals surface area contributed by atoms with Crippen LogP contribution in [0, 0.1) is 0 Å². The highest BCUT2D eigenvalue weighted by Gasteiger charge is 2.43. The SMILES string of the molecule is C[C@@H]1O[C@@H](OCCNC(=O)CN(CC(=O)NCCCCCC(=O)NCC(=O)O)CC(=O)NCCO[C@@H]2O[C@@H](C)[C@@H](O)[C@@H](O)[C@@H]2O)[C@@H](O)[C@H](O)[C@@H]1O. The van der Waals surface area contributed by atoms with Crippen LogP contribution in [0.4, 0.5) is 0 Å². The lowest BCUT2D eigenvalue weighted by Crippen LogP contribution is -2.57. The summed E-state index contributed by atoms with van der Waals surface area (Å²) in [4.78, 5) is 61.5. The summed E-state index contributed by atoms with van der Waals surface area (Å²) in [5.41, 5.74) is 0. The third-order valence-electron chi connectivity index (χ3n) is 7.97. The number of hydrogen-bond donors (Lipinski definition) is 11. The number of ether oxygens (including phenoxy) is 4. The van der Waals surface area contributed by atoms with Crippen molar-refractivity contribution < 1.29 is 78.7 Å². The molecule has 0 bridgehead atoms. The summed E-state index contributed by atoms with van der Waals surface area (Å²) >= 11 is 0. The van der Waals surface area contributed by atoms with Crippen molar-refractivity contribution in [3.8, 4) is 0 Å². The molecule has 2 fully saturated rings. The lowest BCUT2D eigenvalue weighted by molar-refractivity contribution is -0.292. The number of amides is 4. The normalized spacial score (nSPS) is 29.3. The highest BCUT2D eigenvalue weighted by molar-refractivity contribution is 5.84. The fourth-order valence-electron chi connectivity index (χ4n) is 5.06. The molecule has 0 saturated carbocycles. The number of aliphatic hydroxyl groups is 6. The minimum Gasteiger partial charge on any atom is -0.480 e. The molecule has 4 amide bonds. The molecule has 0 unspecified atom stereocenters. The Balaban J connectivity index is 1.81. The summed E-state index contributed by atoms with van der Waals surface area (Å²) < 4.78 is 21.5.